The molecule has 0 aliphatic carbocycles. The quantitative estimate of drug-likeness (QED) is 0.399. The van der Waals surface area contributed by atoms with Crippen LogP contribution >= 0.6 is 0 Å². The zero-order valence-corrected chi connectivity index (χ0v) is 19.3. The molecule has 0 saturated heterocycles. The van der Waals surface area contributed by atoms with E-state index in [0.717, 1.165) is 23.2 Å². The maximum absolute atomic E-state index is 13.5. The zero-order valence-electron chi connectivity index (χ0n) is 19.3. The predicted molar refractivity (Wildman–Crippen MR) is 126 cm³/mol. The molecule has 0 unspecified atom stereocenters. The van der Waals surface area contributed by atoms with Crippen molar-refractivity contribution >= 4 is 22.6 Å². The molecule has 0 spiro atoms. The second-order valence-corrected chi connectivity index (χ2v) is 8.48. The number of alkyl halides is 3. The van der Waals surface area contributed by atoms with E-state index in [2.05, 4.69) is 15.1 Å². The van der Waals surface area contributed by atoms with Gasteiger partial charge in [-0.05, 0) is 68.3 Å². The third kappa shape index (κ3) is 5.59. The molecule has 10 heteroatoms. The van der Waals surface area contributed by atoms with Crippen molar-refractivity contribution in [2.45, 2.75) is 39.0 Å². The molecule has 7 nitrogen and oxygen atoms in total. The van der Waals surface area contributed by atoms with E-state index in [1.54, 1.807) is 34.0 Å². The number of carbonyl (C=O) groups is 1. The van der Waals surface area contributed by atoms with Crippen molar-refractivity contribution in [2.75, 3.05) is 12.3 Å². The third-order valence-corrected chi connectivity index (χ3v) is 5.88. The Balaban J connectivity index is 1.60. The average molecular weight is 483 g/mol. The first kappa shape index (κ1) is 24.2. The highest BCUT2D eigenvalue weighted by atomic mass is 19.4. The van der Waals surface area contributed by atoms with E-state index in [-0.39, 0.29) is 18.5 Å². The smallest absolute Gasteiger partial charge is 0.383 e. The molecule has 0 fully saturated rings. The predicted octanol–water partition coefficient (Wildman–Crippen LogP) is 5.03. The number of nitrogens with two attached hydrogens (primary N) is 1. The summed E-state index contributed by atoms with van der Waals surface area (Å²) in [6.45, 7) is 4.26. The van der Waals surface area contributed by atoms with Crippen LogP contribution in [0.1, 0.15) is 46.6 Å². The first-order chi connectivity index (χ1) is 16.6. The van der Waals surface area contributed by atoms with Crippen LogP contribution in [0.15, 0.2) is 61.1 Å². The average Bonchev–Trinajstić information content (AvgIpc) is 3.36. The van der Waals surface area contributed by atoms with Gasteiger partial charge in [0.1, 0.15) is 5.82 Å². The number of hydrogen-bond donors (Lipinski definition) is 1. The molecule has 0 bridgehead atoms. The minimum absolute atomic E-state index is 0.0206. The number of nitrogens with zero attached hydrogens (tertiary/aromatic N) is 5. The van der Waals surface area contributed by atoms with Crippen LogP contribution in [0.2, 0.25) is 0 Å². The van der Waals surface area contributed by atoms with Crippen molar-refractivity contribution in [3.8, 4) is 0 Å². The van der Waals surface area contributed by atoms with E-state index in [4.69, 9.17) is 5.73 Å². The van der Waals surface area contributed by atoms with Crippen LogP contribution in [0.4, 0.5) is 19.0 Å². The molecule has 4 rings (SSSR count). The number of fused-ring (bicyclic) bond motifs is 1. The highest BCUT2D eigenvalue weighted by molar-refractivity contribution is 5.98. The molecule has 0 saturated carbocycles. The monoisotopic (exact) mass is 482 g/mol. The van der Waals surface area contributed by atoms with Crippen molar-refractivity contribution in [1.29, 1.82) is 0 Å². The van der Waals surface area contributed by atoms with Crippen molar-refractivity contribution < 1.29 is 18.0 Å². The molecule has 35 heavy (non-hydrogen) atoms. The minimum atomic E-state index is -4.47. The number of halogens is 3. The molecule has 4 aromatic rings. The maximum Gasteiger partial charge on any atom is 0.417 e. The highest BCUT2D eigenvalue weighted by Gasteiger charge is 2.30. The van der Waals surface area contributed by atoms with E-state index in [9.17, 15) is 18.0 Å². The van der Waals surface area contributed by atoms with Gasteiger partial charge in [0.25, 0.3) is 5.91 Å². The van der Waals surface area contributed by atoms with Gasteiger partial charge in [0.05, 0.1) is 29.4 Å². The largest absolute Gasteiger partial charge is 0.417 e. The molecule has 0 radical (unpaired) electrons. The van der Waals surface area contributed by atoms with Gasteiger partial charge in [-0.2, -0.15) is 18.3 Å². The van der Waals surface area contributed by atoms with Crippen LogP contribution in [0, 0.1) is 6.92 Å². The Morgan fingerprint density at radius 1 is 1.20 bits per heavy atom. The summed E-state index contributed by atoms with van der Waals surface area (Å²) in [5, 5.41) is 5.02. The number of amides is 1. The van der Waals surface area contributed by atoms with Gasteiger partial charge >= 0.3 is 6.18 Å². The lowest BCUT2D eigenvalue weighted by Gasteiger charge is -2.25. The van der Waals surface area contributed by atoms with Gasteiger partial charge in [0, 0.05) is 36.1 Å². The molecule has 0 aliphatic heterocycles. The van der Waals surface area contributed by atoms with Crippen LogP contribution in [0.5, 0.6) is 0 Å². The van der Waals surface area contributed by atoms with Crippen LogP contribution < -0.4 is 5.73 Å². The number of pyridine rings is 2. The van der Waals surface area contributed by atoms with E-state index < -0.39 is 11.7 Å². The zero-order chi connectivity index (χ0) is 25.2. The summed E-state index contributed by atoms with van der Waals surface area (Å²) in [5.41, 5.74) is 7.35. The summed E-state index contributed by atoms with van der Waals surface area (Å²) in [6, 6.07) is 11.2. The Morgan fingerprint density at radius 3 is 2.66 bits per heavy atom. The second-order valence-electron chi connectivity index (χ2n) is 8.48. The first-order valence-electron chi connectivity index (χ1n) is 11.1. The molecule has 1 amide bonds. The summed E-state index contributed by atoms with van der Waals surface area (Å²) >= 11 is 0. The lowest BCUT2D eigenvalue weighted by molar-refractivity contribution is -0.137. The number of aromatic nitrogens is 4. The van der Waals surface area contributed by atoms with Crippen LogP contribution in [-0.2, 0) is 12.7 Å². The van der Waals surface area contributed by atoms with E-state index in [0.29, 0.717) is 35.6 Å². The number of aryl methyl sites for hydroxylation is 1. The van der Waals surface area contributed by atoms with Gasteiger partial charge in [-0.1, -0.05) is 0 Å². The third-order valence-electron chi connectivity index (χ3n) is 5.88. The fraction of sp³-hybridized carbons (Fsp3) is 0.280. The number of anilines is 1. The van der Waals surface area contributed by atoms with E-state index in [1.807, 2.05) is 32.2 Å². The Kier molecular flexibility index (Phi) is 6.72. The molecule has 1 aromatic carbocycles. The van der Waals surface area contributed by atoms with Crippen molar-refractivity contribution in [3.63, 3.8) is 0 Å². The molecule has 2 N–H and O–H groups in total. The Morgan fingerprint density at radius 2 is 2.00 bits per heavy atom. The van der Waals surface area contributed by atoms with Crippen LogP contribution in [0.3, 0.4) is 0 Å². The molecule has 0 aliphatic rings. The summed E-state index contributed by atoms with van der Waals surface area (Å²) in [4.78, 5) is 23.4. The highest BCUT2D eigenvalue weighted by Crippen LogP contribution is 2.28. The van der Waals surface area contributed by atoms with Gasteiger partial charge in [-0.3, -0.25) is 14.5 Å². The summed E-state index contributed by atoms with van der Waals surface area (Å²) in [5.74, 6) is 0.176. The van der Waals surface area contributed by atoms with Gasteiger partial charge in [0.2, 0.25) is 0 Å². The molecule has 3 heterocycles. The number of benzene rings is 1. The van der Waals surface area contributed by atoms with Crippen LogP contribution in [-0.4, -0.2) is 37.1 Å². The van der Waals surface area contributed by atoms with Crippen LogP contribution in [0.25, 0.3) is 10.9 Å². The lowest BCUT2D eigenvalue weighted by Crippen LogP contribution is -2.33. The summed E-state index contributed by atoms with van der Waals surface area (Å²) in [7, 11) is 0. The molecule has 1 atom stereocenters. The number of hydrogen-bond acceptors (Lipinski definition) is 5. The fourth-order valence-corrected chi connectivity index (χ4v) is 3.76. The topological polar surface area (TPSA) is 89.9 Å². The summed E-state index contributed by atoms with van der Waals surface area (Å²) < 4.78 is 40.6. The van der Waals surface area contributed by atoms with E-state index in [1.165, 1.54) is 6.07 Å². The fourth-order valence-electron chi connectivity index (χ4n) is 3.76. The number of carbonyl (C=O) groups excluding carboxylic acids is 1. The molecular weight excluding hydrogens is 457 g/mol. The first-order valence-corrected chi connectivity index (χ1v) is 11.1. The molecule has 3 aromatic heterocycles. The van der Waals surface area contributed by atoms with Crippen molar-refractivity contribution in [2.24, 2.45) is 0 Å². The standard InChI is InChI=1S/C25H25F3N6O/c1-16-12-19-13-18(4-7-22(19)32-23(16)29)24(35)33(11-8-17(2)34-10-3-9-31-34)15-21-6-5-20(14-30-21)25(26,27)28/h3-7,9-10,12-14,17H,8,11,15H2,1-2H3,(H2,29,32)/t17-/m1/s1. The Hall–Kier alpha value is -3.95. The van der Waals surface area contributed by atoms with Crippen molar-refractivity contribution in [3.05, 3.63) is 83.4 Å². The van der Waals surface area contributed by atoms with E-state index >= 15 is 0 Å². The Bertz CT molecular complexity index is 1320. The summed E-state index contributed by atoms with van der Waals surface area (Å²) in [6.07, 6.45) is 0.445. The van der Waals surface area contributed by atoms with Gasteiger partial charge < -0.3 is 10.6 Å². The normalized spacial score (nSPS) is 12.6. The molecular formula is C25H25F3N6O. The van der Waals surface area contributed by atoms with Gasteiger partial charge in [0.15, 0.2) is 0 Å². The minimum Gasteiger partial charge on any atom is -0.383 e. The van der Waals surface area contributed by atoms with Gasteiger partial charge in [-0.25, -0.2) is 4.98 Å². The SMILES string of the molecule is Cc1cc2cc(C(=O)N(CC[C@@H](C)n3cccn3)Cc3ccc(C(F)(F)F)cn3)ccc2nc1N. The number of nitrogen functional groups attached to an aromatic ring is 1. The lowest BCUT2D eigenvalue weighted by atomic mass is 10.1. The second kappa shape index (κ2) is 9.73. The number of rotatable bonds is 7. The van der Waals surface area contributed by atoms with Crippen molar-refractivity contribution in [1.82, 2.24) is 24.6 Å². The maximum atomic E-state index is 13.5. The van der Waals surface area contributed by atoms with Gasteiger partial charge in [-0.15, -0.1) is 0 Å². The molecule has 182 valence electrons. The Labute approximate surface area is 200 Å².